The van der Waals surface area contributed by atoms with Crippen LogP contribution in [0, 0.1) is 22.5 Å². The first-order valence-electron chi connectivity index (χ1n) is 5.83. The van der Waals surface area contributed by atoms with Gasteiger partial charge in [0.05, 0.1) is 4.92 Å². The number of hydrogen-bond acceptors (Lipinski definition) is 2. The summed E-state index contributed by atoms with van der Waals surface area (Å²) in [6.07, 6.45) is 3.36. The molecule has 1 unspecified atom stereocenters. The molecule has 0 aromatic heterocycles. The van der Waals surface area contributed by atoms with Gasteiger partial charge in [-0.25, -0.2) is 0 Å². The van der Waals surface area contributed by atoms with Gasteiger partial charge in [-0.15, -0.1) is 0 Å². The van der Waals surface area contributed by atoms with Crippen LogP contribution in [0.5, 0.6) is 0 Å². The maximum atomic E-state index is 10.9. The molecule has 0 spiro atoms. The zero-order valence-corrected chi connectivity index (χ0v) is 11.7. The van der Waals surface area contributed by atoms with Crippen LogP contribution in [0.4, 0.5) is 5.69 Å². The lowest BCUT2D eigenvalue weighted by Gasteiger charge is -2.19. The van der Waals surface area contributed by atoms with Crippen molar-refractivity contribution in [3.8, 4) is 0 Å². The van der Waals surface area contributed by atoms with Gasteiger partial charge in [-0.3, -0.25) is 10.1 Å². The van der Waals surface area contributed by atoms with Gasteiger partial charge in [0.2, 0.25) is 0 Å². The second-order valence-electron chi connectivity index (χ2n) is 4.97. The van der Waals surface area contributed by atoms with E-state index in [9.17, 15) is 10.1 Å². The third-order valence-corrected chi connectivity index (χ3v) is 4.86. The summed E-state index contributed by atoms with van der Waals surface area (Å²) >= 11 is 3.65. The Morgan fingerprint density at radius 1 is 1.53 bits per heavy atom. The van der Waals surface area contributed by atoms with Crippen molar-refractivity contribution in [2.75, 3.05) is 0 Å². The minimum Gasteiger partial charge on any atom is -0.258 e. The summed E-state index contributed by atoms with van der Waals surface area (Å²) in [6.45, 7) is 4.02. The fourth-order valence-electron chi connectivity index (χ4n) is 2.31. The van der Waals surface area contributed by atoms with Gasteiger partial charge >= 0.3 is 0 Å². The molecule has 1 saturated carbocycles. The Morgan fingerprint density at radius 2 is 2.18 bits per heavy atom. The first-order chi connectivity index (χ1) is 7.96. The molecule has 1 atom stereocenters. The van der Waals surface area contributed by atoms with E-state index >= 15 is 0 Å². The smallest absolute Gasteiger partial charge is 0.258 e. The number of hydrogen-bond donors (Lipinski definition) is 0. The molecule has 0 aliphatic heterocycles. The van der Waals surface area contributed by atoms with E-state index in [0.29, 0.717) is 10.2 Å². The SMILES string of the molecule is Cc1c(CC2(C(C)Br)CC2)cccc1[N+](=O)[O-]. The quantitative estimate of drug-likeness (QED) is 0.479. The summed E-state index contributed by atoms with van der Waals surface area (Å²) < 4.78 is 0. The lowest BCUT2D eigenvalue weighted by atomic mass is 9.91. The molecule has 92 valence electrons. The fraction of sp³-hybridized carbons (Fsp3) is 0.538. The molecule has 1 aromatic carbocycles. The van der Waals surface area contributed by atoms with E-state index < -0.39 is 0 Å². The van der Waals surface area contributed by atoms with Gasteiger partial charge in [-0.2, -0.15) is 0 Å². The van der Waals surface area contributed by atoms with Gasteiger partial charge in [0, 0.05) is 16.5 Å². The Morgan fingerprint density at radius 3 is 2.65 bits per heavy atom. The molecule has 0 bridgehead atoms. The predicted molar refractivity (Wildman–Crippen MR) is 71.6 cm³/mol. The van der Waals surface area contributed by atoms with Crippen LogP contribution in [0.15, 0.2) is 18.2 Å². The van der Waals surface area contributed by atoms with Gasteiger partial charge in [-0.05, 0) is 37.2 Å². The second-order valence-corrected chi connectivity index (χ2v) is 6.35. The monoisotopic (exact) mass is 297 g/mol. The zero-order chi connectivity index (χ0) is 12.6. The summed E-state index contributed by atoms with van der Waals surface area (Å²) in [5, 5.41) is 10.9. The van der Waals surface area contributed by atoms with Crippen LogP contribution in [0.1, 0.15) is 30.9 Å². The van der Waals surface area contributed by atoms with Crippen LogP contribution in [0.3, 0.4) is 0 Å². The van der Waals surface area contributed by atoms with Gasteiger partial charge in [-0.1, -0.05) is 35.0 Å². The Bertz CT molecular complexity index is 453. The Labute approximate surface area is 110 Å². The molecule has 1 fully saturated rings. The summed E-state index contributed by atoms with van der Waals surface area (Å²) in [5.74, 6) is 0. The first kappa shape index (κ1) is 12.6. The number of rotatable bonds is 4. The van der Waals surface area contributed by atoms with E-state index in [1.807, 2.05) is 13.0 Å². The highest BCUT2D eigenvalue weighted by Gasteiger charge is 2.46. The average molecular weight is 298 g/mol. The van der Waals surface area contributed by atoms with Crippen LogP contribution >= 0.6 is 15.9 Å². The predicted octanol–water partition coefficient (Wildman–Crippen LogP) is 4.01. The van der Waals surface area contributed by atoms with Crippen molar-refractivity contribution in [3.05, 3.63) is 39.4 Å². The third-order valence-electron chi connectivity index (χ3n) is 3.89. The molecular weight excluding hydrogens is 282 g/mol. The maximum Gasteiger partial charge on any atom is 0.272 e. The van der Waals surface area contributed by atoms with E-state index in [0.717, 1.165) is 17.5 Å². The number of nitrogens with zero attached hydrogens (tertiary/aromatic N) is 1. The van der Waals surface area contributed by atoms with E-state index in [4.69, 9.17) is 0 Å². The first-order valence-corrected chi connectivity index (χ1v) is 6.75. The number of halogens is 1. The molecule has 1 aliphatic carbocycles. The van der Waals surface area contributed by atoms with Crippen LogP contribution in [-0.2, 0) is 6.42 Å². The van der Waals surface area contributed by atoms with Gasteiger partial charge in [0.1, 0.15) is 0 Å². The lowest BCUT2D eigenvalue weighted by Crippen LogP contribution is -2.16. The molecule has 2 rings (SSSR count). The highest BCUT2D eigenvalue weighted by Crippen LogP contribution is 2.54. The summed E-state index contributed by atoms with van der Waals surface area (Å²) in [5.41, 5.74) is 2.49. The number of nitro benzene ring substituents is 1. The van der Waals surface area contributed by atoms with Crippen molar-refractivity contribution in [3.63, 3.8) is 0 Å². The van der Waals surface area contributed by atoms with Crippen molar-refractivity contribution in [2.45, 2.75) is 37.9 Å². The molecule has 1 aromatic rings. The van der Waals surface area contributed by atoms with Crippen molar-refractivity contribution >= 4 is 21.6 Å². The molecule has 17 heavy (non-hydrogen) atoms. The van der Waals surface area contributed by atoms with Crippen LogP contribution < -0.4 is 0 Å². The Balaban J connectivity index is 2.28. The van der Waals surface area contributed by atoms with Crippen LogP contribution in [-0.4, -0.2) is 9.75 Å². The lowest BCUT2D eigenvalue weighted by molar-refractivity contribution is -0.385. The number of benzene rings is 1. The van der Waals surface area contributed by atoms with Crippen LogP contribution in [0.25, 0.3) is 0 Å². The molecule has 0 N–H and O–H groups in total. The molecule has 0 radical (unpaired) electrons. The molecule has 3 nitrogen and oxygen atoms in total. The topological polar surface area (TPSA) is 43.1 Å². The van der Waals surface area contributed by atoms with Crippen molar-refractivity contribution in [1.29, 1.82) is 0 Å². The van der Waals surface area contributed by atoms with Crippen LogP contribution in [0.2, 0.25) is 0 Å². The Hall–Kier alpha value is -0.900. The van der Waals surface area contributed by atoms with E-state index in [-0.39, 0.29) is 10.6 Å². The minimum absolute atomic E-state index is 0.237. The van der Waals surface area contributed by atoms with Gasteiger partial charge in [0.25, 0.3) is 5.69 Å². The number of nitro groups is 1. The van der Waals surface area contributed by atoms with E-state index in [2.05, 4.69) is 22.9 Å². The molecular formula is C13H16BrNO2. The number of alkyl halides is 1. The highest BCUT2D eigenvalue weighted by molar-refractivity contribution is 9.09. The maximum absolute atomic E-state index is 10.9. The summed E-state index contributed by atoms with van der Waals surface area (Å²) in [7, 11) is 0. The third kappa shape index (κ3) is 2.37. The molecule has 1 aliphatic rings. The summed E-state index contributed by atoms with van der Waals surface area (Å²) in [6, 6.07) is 5.38. The standard InChI is InChI=1S/C13H16BrNO2/c1-9-11(4-3-5-12(9)15(16)17)8-13(6-7-13)10(2)14/h3-5,10H,6-8H2,1-2H3. The van der Waals surface area contributed by atoms with E-state index in [1.54, 1.807) is 12.1 Å². The average Bonchev–Trinajstić information content (AvgIpc) is 3.02. The Kier molecular flexibility index (Phi) is 3.25. The van der Waals surface area contributed by atoms with E-state index in [1.165, 1.54) is 12.8 Å². The molecule has 4 heteroatoms. The van der Waals surface area contributed by atoms with Crippen molar-refractivity contribution in [1.82, 2.24) is 0 Å². The molecule has 0 amide bonds. The van der Waals surface area contributed by atoms with Gasteiger partial charge < -0.3 is 0 Å². The normalized spacial score (nSPS) is 18.8. The molecule has 0 heterocycles. The fourth-order valence-corrected chi connectivity index (χ4v) is 2.93. The zero-order valence-electron chi connectivity index (χ0n) is 10.1. The summed E-state index contributed by atoms with van der Waals surface area (Å²) in [4.78, 5) is 11.1. The van der Waals surface area contributed by atoms with Crippen molar-refractivity contribution < 1.29 is 4.92 Å². The molecule has 0 saturated heterocycles. The largest absolute Gasteiger partial charge is 0.272 e. The van der Waals surface area contributed by atoms with Crippen molar-refractivity contribution in [2.24, 2.45) is 5.41 Å². The minimum atomic E-state index is -0.296. The highest BCUT2D eigenvalue weighted by atomic mass is 79.9. The second kappa shape index (κ2) is 4.41. The van der Waals surface area contributed by atoms with Gasteiger partial charge in [0.15, 0.2) is 0 Å².